The topological polar surface area (TPSA) is 86.4 Å². The van der Waals surface area contributed by atoms with Crippen LogP contribution in [0.25, 0.3) is 0 Å². The molecule has 7 heteroatoms. The second-order valence-electron chi connectivity index (χ2n) is 6.97. The number of amides is 1. The standard InChI is InChI=1S/C24H21N3O4/c1-17(28)19-7-9-20(10-8-19)30-16-21-11-12-22(31-21)24(29)25-23-13-14-27(26-23)15-18-5-3-2-4-6-18/h2-14H,15-16H2,1H3,(H,25,26,29). The molecule has 2 heterocycles. The van der Waals surface area contributed by atoms with Gasteiger partial charge in [-0.2, -0.15) is 5.10 Å². The summed E-state index contributed by atoms with van der Waals surface area (Å²) in [5, 5.41) is 7.10. The molecule has 2 aromatic carbocycles. The third-order valence-corrected chi connectivity index (χ3v) is 4.60. The zero-order valence-corrected chi connectivity index (χ0v) is 16.9. The molecule has 1 N–H and O–H groups in total. The number of carbonyl (C=O) groups is 2. The monoisotopic (exact) mass is 415 g/mol. The molecule has 0 aliphatic heterocycles. The Labute approximate surface area is 179 Å². The number of benzene rings is 2. The number of ketones is 1. The van der Waals surface area contributed by atoms with Crippen molar-refractivity contribution in [2.75, 3.05) is 5.32 Å². The molecule has 4 aromatic rings. The number of nitrogens with zero attached hydrogens (tertiary/aromatic N) is 2. The molecule has 156 valence electrons. The Morgan fingerprint density at radius 1 is 1.00 bits per heavy atom. The fraction of sp³-hybridized carbons (Fsp3) is 0.125. The van der Waals surface area contributed by atoms with Crippen LogP contribution in [0, 0.1) is 0 Å². The lowest BCUT2D eigenvalue weighted by Gasteiger charge is -2.05. The van der Waals surface area contributed by atoms with Crippen molar-refractivity contribution < 1.29 is 18.7 Å². The predicted octanol–water partition coefficient (Wildman–Crippen LogP) is 4.56. The average molecular weight is 415 g/mol. The lowest BCUT2D eigenvalue weighted by atomic mass is 10.1. The number of carbonyl (C=O) groups excluding carboxylic acids is 2. The number of aromatic nitrogens is 2. The van der Waals surface area contributed by atoms with Crippen molar-refractivity contribution >= 4 is 17.5 Å². The van der Waals surface area contributed by atoms with Crippen LogP contribution in [0.4, 0.5) is 5.82 Å². The number of nitrogens with one attached hydrogen (secondary N) is 1. The van der Waals surface area contributed by atoms with Crippen molar-refractivity contribution in [3.8, 4) is 5.75 Å². The van der Waals surface area contributed by atoms with E-state index in [4.69, 9.17) is 9.15 Å². The highest BCUT2D eigenvalue weighted by molar-refractivity contribution is 6.01. The van der Waals surface area contributed by atoms with Gasteiger partial charge in [-0.15, -0.1) is 0 Å². The minimum Gasteiger partial charge on any atom is -0.486 e. The number of anilines is 1. The van der Waals surface area contributed by atoms with Gasteiger partial charge in [0, 0.05) is 17.8 Å². The Bertz CT molecular complexity index is 1180. The molecule has 0 fully saturated rings. The average Bonchev–Trinajstić information content (AvgIpc) is 3.43. The third kappa shape index (κ3) is 5.27. The molecular formula is C24H21N3O4. The molecule has 31 heavy (non-hydrogen) atoms. The Kier molecular flexibility index (Phi) is 5.93. The van der Waals surface area contributed by atoms with Gasteiger partial charge in [0.25, 0.3) is 5.91 Å². The molecular weight excluding hydrogens is 394 g/mol. The molecule has 4 rings (SSSR count). The van der Waals surface area contributed by atoms with E-state index in [1.807, 2.05) is 30.3 Å². The molecule has 0 aliphatic rings. The Balaban J connectivity index is 1.31. The summed E-state index contributed by atoms with van der Waals surface area (Å²) < 4.78 is 13.0. The molecule has 0 atom stereocenters. The van der Waals surface area contributed by atoms with Crippen LogP contribution in [0.15, 0.2) is 83.4 Å². The van der Waals surface area contributed by atoms with Crippen LogP contribution in [-0.2, 0) is 13.2 Å². The van der Waals surface area contributed by atoms with Gasteiger partial charge in [0.15, 0.2) is 17.4 Å². The first-order chi connectivity index (χ1) is 15.1. The maximum atomic E-state index is 12.4. The second kappa shape index (κ2) is 9.13. The highest BCUT2D eigenvalue weighted by Crippen LogP contribution is 2.17. The van der Waals surface area contributed by atoms with Gasteiger partial charge in [0.05, 0.1) is 6.54 Å². The molecule has 0 saturated heterocycles. The van der Waals surface area contributed by atoms with Crippen molar-refractivity contribution in [2.24, 2.45) is 0 Å². The van der Waals surface area contributed by atoms with Crippen LogP contribution >= 0.6 is 0 Å². The summed E-state index contributed by atoms with van der Waals surface area (Å²) in [6, 6.07) is 21.8. The predicted molar refractivity (Wildman–Crippen MR) is 115 cm³/mol. The van der Waals surface area contributed by atoms with Crippen molar-refractivity contribution in [1.29, 1.82) is 0 Å². The SMILES string of the molecule is CC(=O)c1ccc(OCc2ccc(C(=O)Nc3ccn(Cc4ccccc4)n3)o2)cc1. The minimum atomic E-state index is -0.387. The van der Waals surface area contributed by atoms with Crippen LogP contribution in [0.3, 0.4) is 0 Å². The van der Waals surface area contributed by atoms with E-state index in [9.17, 15) is 9.59 Å². The smallest absolute Gasteiger partial charge is 0.292 e. The zero-order chi connectivity index (χ0) is 21.6. The maximum Gasteiger partial charge on any atom is 0.292 e. The van der Waals surface area contributed by atoms with Gasteiger partial charge in [-0.05, 0) is 48.9 Å². The zero-order valence-electron chi connectivity index (χ0n) is 16.9. The fourth-order valence-electron chi connectivity index (χ4n) is 2.98. The molecule has 0 saturated carbocycles. The highest BCUT2D eigenvalue weighted by Gasteiger charge is 2.13. The summed E-state index contributed by atoms with van der Waals surface area (Å²) in [7, 11) is 0. The van der Waals surface area contributed by atoms with E-state index in [0.717, 1.165) is 5.56 Å². The number of furan rings is 1. The van der Waals surface area contributed by atoms with Crippen LogP contribution in [-0.4, -0.2) is 21.5 Å². The number of rotatable bonds is 8. The van der Waals surface area contributed by atoms with Crippen LogP contribution in [0.5, 0.6) is 5.75 Å². The quantitative estimate of drug-likeness (QED) is 0.427. The van der Waals surface area contributed by atoms with E-state index in [2.05, 4.69) is 10.4 Å². The van der Waals surface area contributed by atoms with Crippen molar-refractivity contribution in [2.45, 2.75) is 20.1 Å². The molecule has 0 bridgehead atoms. The number of hydrogen-bond donors (Lipinski definition) is 1. The molecule has 1 amide bonds. The van der Waals surface area contributed by atoms with Gasteiger partial charge in [-0.1, -0.05) is 30.3 Å². The van der Waals surface area contributed by atoms with E-state index in [1.54, 1.807) is 53.3 Å². The van der Waals surface area contributed by atoms with E-state index in [-0.39, 0.29) is 24.1 Å². The van der Waals surface area contributed by atoms with Crippen LogP contribution in [0.2, 0.25) is 0 Å². The second-order valence-corrected chi connectivity index (χ2v) is 6.97. The molecule has 0 radical (unpaired) electrons. The van der Waals surface area contributed by atoms with Crippen LogP contribution in [0.1, 0.15) is 39.2 Å². The fourth-order valence-corrected chi connectivity index (χ4v) is 2.98. The molecule has 0 aliphatic carbocycles. The Morgan fingerprint density at radius 2 is 1.77 bits per heavy atom. The summed E-state index contributed by atoms with van der Waals surface area (Å²) in [5.74, 6) is 1.34. The minimum absolute atomic E-state index is 0.00172. The third-order valence-electron chi connectivity index (χ3n) is 4.60. The van der Waals surface area contributed by atoms with Gasteiger partial charge in [0.2, 0.25) is 0 Å². The first kappa shape index (κ1) is 20.2. The normalized spacial score (nSPS) is 10.6. The van der Waals surface area contributed by atoms with E-state index in [1.165, 1.54) is 6.92 Å². The molecule has 2 aromatic heterocycles. The van der Waals surface area contributed by atoms with Crippen molar-refractivity contribution in [3.63, 3.8) is 0 Å². The molecule has 0 unspecified atom stereocenters. The summed E-state index contributed by atoms with van der Waals surface area (Å²) >= 11 is 0. The lowest BCUT2D eigenvalue weighted by Crippen LogP contribution is -2.12. The van der Waals surface area contributed by atoms with Gasteiger partial charge < -0.3 is 14.5 Å². The van der Waals surface area contributed by atoms with Gasteiger partial charge >= 0.3 is 0 Å². The first-order valence-electron chi connectivity index (χ1n) is 9.78. The molecule has 0 spiro atoms. The number of hydrogen-bond acceptors (Lipinski definition) is 5. The van der Waals surface area contributed by atoms with Gasteiger partial charge in [-0.25, -0.2) is 0 Å². The Hall–Kier alpha value is -4.13. The maximum absolute atomic E-state index is 12.4. The van der Waals surface area contributed by atoms with E-state index in [0.29, 0.717) is 29.4 Å². The summed E-state index contributed by atoms with van der Waals surface area (Å²) in [6.07, 6.45) is 1.81. The van der Waals surface area contributed by atoms with Crippen LogP contribution < -0.4 is 10.1 Å². The highest BCUT2D eigenvalue weighted by atomic mass is 16.5. The number of Topliss-reactive ketones (excluding diaryl/α,β-unsaturated/α-hetero) is 1. The van der Waals surface area contributed by atoms with Gasteiger partial charge in [-0.3, -0.25) is 14.3 Å². The first-order valence-corrected chi connectivity index (χ1v) is 9.78. The summed E-state index contributed by atoms with van der Waals surface area (Å²) in [6.45, 7) is 2.30. The van der Waals surface area contributed by atoms with Crippen molar-refractivity contribution in [1.82, 2.24) is 9.78 Å². The Morgan fingerprint density at radius 3 is 2.52 bits per heavy atom. The van der Waals surface area contributed by atoms with E-state index < -0.39 is 0 Å². The number of ether oxygens (including phenoxy) is 1. The largest absolute Gasteiger partial charge is 0.486 e. The summed E-state index contributed by atoms with van der Waals surface area (Å²) in [4.78, 5) is 23.8. The van der Waals surface area contributed by atoms with Crippen molar-refractivity contribution in [3.05, 3.63) is 102 Å². The van der Waals surface area contributed by atoms with Gasteiger partial charge in [0.1, 0.15) is 18.1 Å². The lowest BCUT2D eigenvalue weighted by molar-refractivity contribution is 0.0990. The van der Waals surface area contributed by atoms with E-state index >= 15 is 0 Å². The summed E-state index contributed by atoms with van der Waals surface area (Å²) in [5.41, 5.74) is 1.74. The molecule has 7 nitrogen and oxygen atoms in total.